The predicted molar refractivity (Wildman–Crippen MR) is 116 cm³/mol. The minimum atomic E-state index is 0.346. The van der Waals surface area contributed by atoms with Crippen molar-refractivity contribution in [2.75, 3.05) is 0 Å². The number of aromatic hydroxyl groups is 1. The topological polar surface area (TPSA) is 32.6 Å². The number of hydrogen-bond donors (Lipinski definition) is 1. The first kappa shape index (κ1) is 18.7. The fourth-order valence-corrected chi connectivity index (χ4v) is 8.28. The maximum atomic E-state index is 10.1. The second kappa shape index (κ2) is 6.89. The van der Waals surface area contributed by atoms with E-state index < -0.39 is 0 Å². The van der Waals surface area contributed by atoms with Crippen LogP contribution in [0.3, 0.4) is 0 Å². The van der Waals surface area contributed by atoms with Gasteiger partial charge in [-0.05, 0) is 98.0 Å². The first-order valence-electron chi connectivity index (χ1n) is 11.8. The molecule has 0 heterocycles. The van der Waals surface area contributed by atoms with Crippen LogP contribution < -0.4 is 0 Å². The number of para-hydroxylation sites is 1. The van der Waals surface area contributed by atoms with Gasteiger partial charge in [0.25, 0.3) is 0 Å². The molecule has 2 heteroatoms. The lowest BCUT2D eigenvalue weighted by Crippen LogP contribution is -2.53. The summed E-state index contributed by atoms with van der Waals surface area (Å²) in [5.41, 5.74) is 1.85. The Balaban J connectivity index is 1.37. The van der Waals surface area contributed by atoms with Crippen molar-refractivity contribution in [2.45, 2.75) is 84.1 Å². The van der Waals surface area contributed by atoms with Gasteiger partial charge in [-0.15, -0.1) is 0 Å². The van der Waals surface area contributed by atoms with Gasteiger partial charge < -0.3 is 5.11 Å². The molecule has 1 aromatic carbocycles. The molecule has 0 bridgehead atoms. The molecule has 0 saturated heterocycles. The third kappa shape index (κ3) is 2.77. The molecule has 0 unspecified atom stereocenters. The molecule has 0 spiro atoms. The van der Waals surface area contributed by atoms with E-state index >= 15 is 0 Å². The van der Waals surface area contributed by atoms with E-state index in [0.717, 1.165) is 29.2 Å². The average molecular weight is 380 g/mol. The molecule has 4 saturated carbocycles. The molecule has 1 N–H and O–H groups in total. The van der Waals surface area contributed by atoms with Crippen LogP contribution in [0.5, 0.6) is 5.75 Å². The van der Waals surface area contributed by atoms with Gasteiger partial charge in [0.05, 0.1) is 6.04 Å². The molecule has 0 radical (unpaired) electrons. The van der Waals surface area contributed by atoms with Gasteiger partial charge in [0.15, 0.2) is 0 Å². The van der Waals surface area contributed by atoms with E-state index in [1.54, 1.807) is 6.07 Å². The third-order valence-corrected chi connectivity index (χ3v) is 9.86. The van der Waals surface area contributed by atoms with Crippen molar-refractivity contribution in [3.05, 3.63) is 29.8 Å². The Hall–Kier alpha value is -1.31. The smallest absolute Gasteiger partial charge is 0.124 e. The summed E-state index contributed by atoms with van der Waals surface area (Å²) in [4.78, 5) is 5.06. The second-order valence-electron chi connectivity index (χ2n) is 10.9. The van der Waals surface area contributed by atoms with Crippen molar-refractivity contribution in [2.24, 2.45) is 39.5 Å². The molecular formula is C26H37NO. The number of benzene rings is 1. The number of fused-ring (bicyclic) bond motifs is 5. The highest BCUT2D eigenvalue weighted by Gasteiger charge is 2.59. The molecule has 1 aromatic rings. The number of phenolic OH excluding ortho intramolecular Hbond substituents is 1. The minimum absolute atomic E-state index is 0.346. The summed E-state index contributed by atoms with van der Waals surface area (Å²) in [6.07, 6.45) is 16.2. The van der Waals surface area contributed by atoms with Crippen LogP contribution in [0.25, 0.3) is 0 Å². The summed E-state index contributed by atoms with van der Waals surface area (Å²) in [5.74, 6) is 4.10. The van der Waals surface area contributed by atoms with Gasteiger partial charge in [0.2, 0.25) is 0 Å². The molecule has 5 rings (SSSR count). The molecule has 4 aliphatic rings. The Morgan fingerprint density at radius 1 is 0.893 bits per heavy atom. The molecule has 2 nitrogen and oxygen atoms in total. The molecule has 0 amide bonds. The van der Waals surface area contributed by atoms with Gasteiger partial charge in [-0.25, -0.2) is 0 Å². The SMILES string of the molecule is C[C@]12CCCC[C@@H]1CC[C@H]1[C@@H]2CC[C@@]2(C)[C@H](N=Cc3ccccc3O)CC[C@@H]12. The fourth-order valence-electron chi connectivity index (χ4n) is 8.28. The van der Waals surface area contributed by atoms with Crippen LogP contribution in [-0.2, 0) is 0 Å². The second-order valence-corrected chi connectivity index (χ2v) is 10.9. The summed E-state index contributed by atoms with van der Waals surface area (Å²) >= 11 is 0. The monoisotopic (exact) mass is 379 g/mol. The standard InChI is InChI=1S/C26H37NO/c1-25-15-6-5-8-19(25)10-11-20-21-12-13-24(26(21,2)16-14-22(20)25)27-17-18-7-3-4-9-23(18)28/h3-4,7,9,17,19-22,24,28H,5-6,8,10-16H2,1-2H3/t19-,20-,21+,22+,24-,25+,26-/m1/s1. The van der Waals surface area contributed by atoms with Crippen molar-refractivity contribution >= 4 is 6.21 Å². The molecule has 0 aliphatic heterocycles. The van der Waals surface area contributed by atoms with Crippen LogP contribution in [0.4, 0.5) is 0 Å². The Kier molecular flexibility index (Phi) is 4.60. The minimum Gasteiger partial charge on any atom is -0.507 e. The Morgan fingerprint density at radius 2 is 1.71 bits per heavy atom. The lowest BCUT2D eigenvalue weighted by molar-refractivity contribution is -0.105. The molecule has 7 atom stereocenters. The zero-order valence-corrected chi connectivity index (χ0v) is 17.7. The zero-order chi connectivity index (χ0) is 19.4. The molecule has 28 heavy (non-hydrogen) atoms. The number of phenols is 1. The number of rotatable bonds is 2. The van der Waals surface area contributed by atoms with Crippen molar-refractivity contribution in [1.82, 2.24) is 0 Å². The normalized spacial score (nSPS) is 45.4. The van der Waals surface area contributed by atoms with E-state index in [9.17, 15) is 5.11 Å². The quantitative estimate of drug-likeness (QED) is 0.576. The molecule has 152 valence electrons. The summed E-state index contributed by atoms with van der Waals surface area (Å²) < 4.78 is 0. The first-order valence-corrected chi connectivity index (χ1v) is 11.8. The highest BCUT2D eigenvalue weighted by atomic mass is 16.3. The molecular weight excluding hydrogens is 342 g/mol. The Labute approximate surface area is 170 Å². The number of hydrogen-bond acceptors (Lipinski definition) is 2. The van der Waals surface area contributed by atoms with E-state index in [0.29, 0.717) is 22.6 Å². The Morgan fingerprint density at radius 3 is 2.57 bits per heavy atom. The number of aliphatic imine (C=N–C) groups is 1. The van der Waals surface area contributed by atoms with E-state index in [1.165, 1.54) is 64.2 Å². The highest BCUT2D eigenvalue weighted by Crippen LogP contribution is 2.66. The van der Waals surface area contributed by atoms with Gasteiger partial charge in [-0.2, -0.15) is 0 Å². The summed E-state index contributed by atoms with van der Waals surface area (Å²) in [6.45, 7) is 5.21. The first-order chi connectivity index (χ1) is 13.5. The van der Waals surface area contributed by atoms with E-state index in [4.69, 9.17) is 4.99 Å². The van der Waals surface area contributed by atoms with Crippen molar-refractivity contribution in [3.8, 4) is 5.75 Å². The van der Waals surface area contributed by atoms with Crippen LogP contribution in [-0.4, -0.2) is 17.4 Å². The van der Waals surface area contributed by atoms with Crippen LogP contribution in [0.15, 0.2) is 29.3 Å². The fraction of sp³-hybridized carbons (Fsp3) is 0.731. The number of nitrogens with zero attached hydrogens (tertiary/aromatic N) is 1. The van der Waals surface area contributed by atoms with Gasteiger partial charge in [-0.3, -0.25) is 4.99 Å². The maximum absolute atomic E-state index is 10.1. The van der Waals surface area contributed by atoms with Gasteiger partial charge in [-0.1, -0.05) is 38.8 Å². The van der Waals surface area contributed by atoms with Crippen LogP contribution in [0.2, 0.25) is 0 Å². The van der Waals surface area contributed by atoms with Crippen molar-refractivity contribution in [1.29, 1.82) is 0 Å². The van der Waals surface area contributed by atoms with E-state index in [1.807, 2.05) is 24.4 Å². The lowest BCUT2D eigenvalue weighted by atomic mass is 9.45. The zero-order valence-electron chi connectivity index (χ0n) is 17.7. The van der Waals surface area contributed by atoms with Gasteiger partial charge in [0.1, 0.15) is 5.75 Å². The van der Waals surface area contributed by atoms with Gasteiger partial charge in [0, 0.05) is 11.8 Å². The largest absolute Gasteiger partial charge is 0.507 e. The molecule has 0 aromatic heterocycles. The van der Waals surface area contributed by atoms with Crippen molar-refractivity contribution in [3.63, 3.8) is 0 Å². The summed E-state index contributed by atoms with van der Waals surface area (Å²) in [7, 11) is 0. The molecule has 4 fully saturated rings. The van der Waals surface area contributed by atoms with Crippen LogP contribution in [0, 0.1) is 34.5 Å². The van der Waals surface area contributed by atoms with Crippen LogP contribution in [0.1, 0.15) is 83.6 Å². The van der Waals surface area contributed by atoms with E-state index in [2.05, 4.69) is 13.8 Å². The van der Waals surface area contributed by atoms with Crippen molar-refractivity contribution < 1.29 is 5.11 Å². The summed E-state index contributed by atoms with van der Waals surface area (Å²) in [5, 5.41) is 10.1. The lowest BCUT2D eigenvalue weighted by Gasteiger charge is -2.60. The third-order valence-electron chi connectivity index (χ3n) is 9.86. The van der Waals surface area contributed by atoms with Gasteiger partial charge >= 0.3 is 0 Å². The summed E-state index contributed by atoms with van der Waals surface area (Å²) in [6, 6.07) is 8.01. The maximum Gasteiger partial charge on any atom is 0.124 e. The molecule has 4 aliphatic carbocycles. The highest BCUT2D eigenvalue weighted by molar-refractivity contribution is 5.83. The Bertz CT molecular complexity index is 757. The van der Waals surface area contributed by atoms with E-state index in [-0.39, 0.29) is 0 Å². The predicted octanol–water partition coefficient (Wildman–Crippen LogP) is 6.61. The van der Waals surface area contributed by atoms with Crippen LogP contribution >= 0.6 is 0 Å². The average Bonchev–Trinajstić information content (AvgIpc) is 3.03.